The predicted molar refractivity (Wildman–Crippen MR) is 163 cm³/mol. The highest BCUT2D eigenvalue weighted by Gasteiger charge is 2.24. The number of benzene rings is 5. The van der Waals surface area contributed by atoms with E-state index in [0.29, 0.717) is 5.92 Å². The molecule has 3 aliphatic carbocycles. The highest BCUT2D eigenvalue weighted by molar-refractivity contribution is 6.11. The van der Waals surface area contributed by atoms with Crippen molar-refractivity contribution in [2.24, 2.45) is 5.92 Å². The lowest BCUT2D eigenvalue weighted by molar-refractivity contribution is 0.557. The Kier molecular flexibility index (Phi) is 5.01. The molecule has 3 aliphatic rings. The van der Waals surface area contributed by atoms with Crippen molar-refractivity contribution in [1.29, 1.82) is 0 Å². The fourth-order valence-electron chi connectivity index (χ4n) is 7.19. The van der Waals surface area contributed by atoms with Gasteiger partial charge in [0.2, 0.25) is 0 Å². The first-order valence-corrected chi connectivity index (χ1v) is 14.1. The SMILES string of the molecule is C1=CC2=Cc3c(ccc4c(-c5c6c(c(-c7ccccc7)c7ccccc57)=CCCC=6)cccc34)CC2CC1. The summed E-state index contributed by atoms with van der Waals surface area (Å²) in [4.78, 5) is 0. The molecule has 5 aromatic rings. The van der Waals surface area contributed by atoms with Gasteiger partial charge in [-0.25, -0.2) is 0 Å². The van der Waals surface area contributed by atoms with E-state index in [2.05, 4.69) is 115 Å². The summed E-state index contributed by atoms with van der Waals surface area (Å²) in [6, 6.07) is 31.8. The Morgan fingerprint density at radius 1 is 0.579 bits per heavy atom. The van der Waals surface area contributed by atoms with E-state index in [-0.39, 0.29) is 0 Å². The van der Waals surface area contributed by atoms with Gasteiger partial charge >= 0.3 is 0 Å². The van der Waals surface area contributed by atoms with Gasteiger partial charge in [-0.05, 0) is 109 Å². The maximum atomic E-state index is 2.49. The second kappa shape index (κ2) is 8.71. The van der Waals surface area contributed by atoms with Gasteiger partial charge in [-0.15, -0.1) is 0 Å². The first kappa shape index (κ1) is 21.9. The van der Waals surface area contributed by atoms with E-state index in [9.17, 15) is 0 Å². The van der Waals surface area contributed by atoms with Crippen molar-refractivity contribution in [2.75, 3.05) is 0 Å². The van der Waals surface area contributed by atoms with Gasteiger partial charge in [0.25, 0.3) is 0 Å². The van der Waals surface area contributed by atoms with Gasteiger partial charge < -0.3 is 0 Å². The van der Waals surface area contributed by atoms with Crippen molar-refractivity contribution in [2.45, 2.75) is 32.1 Å². The predicted octanol–water partition coefficient (Wildman–Crippen LogP) is 8.59. The van der Waals surface area contributed by atoms with E-state index in [4.69, 9.17) is 0 Å². The highest BCUT2D eigenvalue weighted by Crippen LogP contribution is 2.41. The average molecular weight is 487 g/mol. The number of rotatable bonds is 2. The van der Waals surface area contributed by atoms with E-state index in [1.54, 1.807) is 0 Å². The van der Waals surface area contributed by atoms with Crippen LogP contribution < -0.4 is 10.4 Å². The van der Waals surface area contributed by atoms with E-state index in [0.717, 1.165) is 12.8 Å². The van der Waals surface area contributed by atoms with Crippen LogP contribution in [0, 0.1) is 5.92 Å². The molecule has 0 nitrogen and oxygen atoms in total. The lowest BCUT2D eigenvalue weighted by Gasteiger charge is -2.28. The maximum Gasteiger partial charge on any atom is -0.00235 e. The minimum atomic E-state index is 0.680. The van der Waals surface area contributed by atoms with Gasteiger partial charge in [0.05, 0.1) is 0 Å². The van der Waals surface area contributed by atoms with Crippen LogP contribution in [0.25, 0.3) is 62.0 Å². The van der Waals surface area contributed by atoms with Crippen molar-refractivity contribution in [3.05, 3.63) is 124 Å². The Bertz CT molecular complexity index is 1930. The fraction of sp³-hybridized carbons (Fsp3) is 0.158. The van der Waals surface area contributed by atoms with Crippen molar-refractivity contribution in [1.82, 2.24) is 0 Å². The number of fused-ring (bicyclic) bond motifs is 6. The zero-order valence-corrected chi connectivity index (χ0v) is 21.6. The fourth-order valence-corrected chi connectivity index (χ4v) is 7.19. The lowest BCUT2D eigenvalue weighted by atomic mass is 9.77. The minimum Gasteiger partial charge on any atom is -0.0842 e. The molecule has 0 heteroatoms. The zero-order valence-electron chi connectivity index (χ0n) is 21.6. The maximum absolute atomic E-state index is 2.49. The summed E-state index contributed by atoms with van der Waals surface area (Å²) >= 11 is 0. The highest BCUT2D eigenvalue weighted by atomic mass is 14.3. The van der Waals surface area contributed by atoms with Gasteiger partial charge in [0.15, 0.2) is 0 Å². The summed E-state index contributed by atoms with van der Waals surface area (Å²) in [7, 11) is 0. The van der Waals surface area contributed by atoms with Crippen LogP contribution in [0.5, 0.6) is 0 Å². The molecule has 1 atom stereocenters. The molecular formula is C38H30. The zero-order chi connectivity index (χ0) is 25.1. The summed E-state index contributed by atoms with van der Waals surface area (Å²) in [5, 5.41) is 8.22. The molecular weight excluding hydrogens is 456 g/mol. The molecule has 0 saturated heterocycles. The summed E-state index contributed by atoms with van der Waals surface area (Å²) in [5.74, 6) is 0.680. The number of allylic oxidation sites excluding steroid dienone is 3. The molecule has 0 amide bonds. The van der Waals surface area contributed by atoms with Gasteiger partial charge in [-0.3, -0.25) is 0 Å². The van der Waals surface area contributed by atoms with Gasteiger partial charge in [0.1, 0.15) is 0 Å². The van der Waals surface area contributed by atoms with Gasteiger partial charge in [-0.2, -0.15) is 0 Å². The molecule has 0 radical (unpaired) electrons. The Balaban J connectivity index is 1.47. The lowest BCUT2D eigenvalue weighted by Crippen LogP contribution is -2.31. The van der Waals surface area contributed by atoms with Crippen LogP contribution in [-0.4, -0.2) is 0 Å². The topological polar surface area (TPSA) is 0 Å². The third-order valence-electron chi connectivity index (χ3n) is 8.92. The third kappa shape index (κ3) is 3.30. The Labute approximate surface area is 224 Å². The van der Waals surface area contributed by atoms with Crippen molar-refractivity contribution in [3.63, 3.8) is 0 Å². The summed E-state index contributed by atoms with van der Waals surface area (Å²) in [5.41, 5.74) is 9.85. The molecule has 8 rings (SSSR count). The first-order chi connectivity index (χ1) is 18.9. The smallest absolute Gasteiger partial charge is 0.00235 e. The van der Waals surface area contributed by atoms with E-state index in [1.807, 2.05) is 0 Å². The molecule has 0 bridgehead atoms. The molecule has 0 spiro atoms. The Hall–Kier alpha value is -4.16. The Morgan fingerprint density at radius 2 is 1.32 bits per heavy atom. The number of hydrogen-bond donors (Lipinski definition) is 0. The van der Waals surface area contributed by atoms with Crippen LogP contribution in [-0.2, 0) is 6.42 Å². The average Bonchev–Trinajstić information content (AvgIpc) is 2.99. The second-order valence-electron chi connectivity index (χ2n) is 11.0. The van der Waals surface area contributed by atoms with Gasteiger partial charge in [0, 0.05) is 0 Å². The van der Waals surface area contributed by atoms with E-state index in [1.165, 1.54) is 90.2 Å². The van der Waals surface area contributed by atoms with Crippen LogP contribution in [0.15, 0.2) is 103 Å². The summed E-state index contributed by atoms with van der Waals surface area (Å²) < 4.78 is 0. The Morgan fingerprint density at radius 3 is 2.16 bits per heavy atom. The van der Waals surface area contributed by atoms with Crippen LogP contribution >= 0.6 is 0 Å². The molecule has 0 saturated carbocycles. The molecule has 0 fully saturated rings. The van der Waals surface area contributed by atoms with Crippen LogP contribution in [0.3, 0.4) is 0 Å². The summed E-state index contributed by atoms with van der Waals surface area (Å²) in [6.07, 6.45) is 18.0. The molecule has 182 valence electrons. The third-order valence-corrected chi connectivity index (χ3v) is 8.92. The molecule has 1 unspecified atom stereocenters. The van der Waals surface area contributed by atoms with Crippen molar-refractivity contribution < 1.29 is 0 Å². The monoisotopic (exact) mass is 486 g/mol. The molecule has 5 aromatic carbocycles. The van der Waals surface area contributed by atoms with Crippen molar-refractivity contribution in [3.8, 4) is 22.3 Å². The molecule has 0 aromatic heterocycles. The number of hydrogen-bond acceptors (Lipinski definition) is 0. The van der Waals surface area contributed by atoms with Crippen LogP contribution in [0.4, 0.5) is 0 Å². The standard InChI is InChI=1S/C38H30/c1-2-11-25(12-3-1)37-32-15-6-8-17-34(32)38(35-18-9-7-16-33(35)37)31-20-10-19-29-30(31)22-21-28-23-26-13-4-5-14-27(26)24-36(28)29/h1-3,5-6,8,10-12,14-22,24,26H,4,7,9,13,23H2. The molecule has 0 N–H and O–H groups in total. The van der Waals surface area contributed by atoms with Crippen molar-refractivity contribution >= 4 is 39.8 Å². The molecule has 38 heavy (non-hydrogen) atoms. The van der Waals surface area contributed by atoms with E-state index >= 15 is 0 Å². The second-order valence-corrected chi connectivity index (χ2v) is 11.0. The quantitative estimate of drug-likeness (QED) is 0.234. The van der Waals surface area contributed by atoms with Crippen LogP contribution in [0.2, 0.25) is 0 Å². The molecule has 0 heterocycles. The van der Waals surface area contributed by atoms with Crippen LogP contribution in [0.1, 0.15) is 36.8 Å². The first-order valence-electron chi connectivity index (χ1n) is 14.1. The molecule has 0 aliphatic heterocycles. The summed E-state index contributed by atoms with van der Waals surface area (Å²) in [6.45, 7) is 0. The largest absolute Gasteiger partial charge is 0.0842 e. The minimum absolute atomic E-state index is 0.680. The van der Waals surface area contributed by atoms with Gasteiger partial charge in [-0.1, -0.05) is 115 Å². The normalized spacial score (nSPS) is 17.7. The van der Waals surface area contributed by atoms with E-state index < -0.39 is 0 Å².